The monoisotopic (exact) mass is 501 g/mol. The van der Waals surface area contributed by atoms with Gasteiger partial charge >= 0.3 is 0 Å². The minimum Gasteiger partial charge on any atom is -0.508 e. The first kappa shape index (κ1) is 24.2. The molecule has 11 heteroatoms. The van der Waals surface area contributed by atoms with E-state index in [2.05, 4.69) is 15.5 Å². The van der Waals surface area contributed by atoms with Crippen LogP contribution in [-0.2, 0) is 21.4 Å². The Labute approximate surface area is 203 Å². The van der Waals surface area contributed by atoms with Crippen LogP contribution in [0.2, 0.25) is 0 Å². The predicted octanol–water partition coefficient (Wildman–Crippen LogP) is 3.58. The van der Waals surface area contributed by atoms with E-state index in [1.54, 1.807) is 40.7 Å². The van der Waals surface area contributed by atoms with Crippen LogP contribution in [0, 0.1) is 0 Å². The summed E-state index contributed by atoms with van der Waals surface area (Å²) in [5.74, 6) is 0.590. The third kappa shape index (κ3) is 5.43. The molecule has 1 fully saturated rings. The largest absolute Gasteiger partial charge is 0.508 e. The molecule has 0 unspecified atom stereocenters. The van der Waals surface area contributed by atoms with E-state index in [0.29, 0.717) is 36.3 Å². The van der Waals surface area contributed by atoms with E-state index in [1.807, 2.05) is 11.5 Å². The lowest BCUT2D eigenvalue weighted by Gasteiger charge is -2.25. The minimum atomic E-state index is -3.49. The van der Waals surface area contributed by atoms with E-state index in [4.69, 9.17) is 0 Å². The summed E-state index contributed by atoms with van der Waals surface area (Å²) in [6, 6.07) is 13.1. The lowest BCUT2D eigenvalue weighted by Crippen LogP contribution is -2.35. The number of amides is 1. The lowest BCUT2D eigenvalue weighted by atomic mass is 10.2. The number of carbonyl (C=O) groups is 1. The van der Waals surface area contributed by atoms with Crippen LogP contribution in [-0.4, -0.2) is 57.3 Å². The summed E-state index contributed by atoms with van der Waals surface area (Å²) in [7, 11) is -3.49. The molecule has 1 amide bonds. The Balaban J connectivity index is 1.45. The summed E-state index contributed by atoms with van der Waals surface area (Å²) < 4.78 is 29.2. The summed E-state index contributed by atoms with van der Waals surface area (Å²) in [4.78, 5) is 12.6. The molecule has 2 N–H and O–H groups in total. The van der Waals surface area contributed by atoms with Crippen LogP contribution in [0.5, 0.6) is 5.75 Å². The van der Waals surface area contributed by atoms with Crippen LogP contribution in [0.1, 0.15) is 26.2 Å². The maximum absolute atomic E-state index is 12.9. The predicted molar refractivity (Wildman–Crippen MR) is 131 cm³/mol. The number of phenols is 1. The number of benzene rings is 2. The molecule has 1 saturated heterocycles. The standard InChI is InChI=1S/C23H27N5O4S2/c1-2-28-22(17-9-11-20(12-10-17)34(31,32)27-13-4-3-5-14-27)25-26-23(28)33-16-21(30)24-18-7-6-8-19(29)15-18/h6-12,15,29H,2-5,13-14,16H2,1H3,(H,24,30). The number of phenolic OH excluding ortho intramolecular Hbond substituents is 1. The van der Waals surface area contributed by atoms with Gasteiger partial charge in [-0.15, -0.1) is 10.2 Å². The van der Waals surface area contributed by atoms with E-state index in [0.717, 1.165) is 24.8 Å². The summed E-state index contributed by atoms with van der Waals surface area (Å²) in [5.41, 5.74) is 1.27. The number of rotatable bonds is 8. The van der Waals surface area contributed by atoms with Gasteiger partial charge in [0.25, 0.3) is 0 Å². The zero-order valence-electron chi connectivity index (χ0n) is 18.8. The van der Waals surface area contributed by atoms with E-state index >= 15 is 0 Å². The number of piperidine rings is 1. The van der Waals surface area contributed by atoms with Crippen LogP contribution >= 0.6 is 11.8 Å². The molecule has 180 valence electrons. The summed E-state index contributed by atoms with van der Waals surface area (Å²) >= 11 is 1.26. The molecule has 0 saturated carbocycles. The van der Waals surface area contributed by atoms with Gasteiger partial charge in [0.2, 0.25) is 15.9 Å². The SMILES string of the molecule is CCn1c(SCC(=O)Nc2cccc(O)c2)nnc1-c1ccc(S(=O)(=O)N2CCCCC2)cc1. The third-order valence-corrected chi connectivity index (χ3v) is 8.44. The maximum Gasteiger partial charge on any atom is 0.243 e. The Kier molecular flexibility index (Phi) is 7.54. The molecule has 1 aliphatic rings. The molecule has 0 aliphatic carbocycles. The number of aromatic hydroxyl groups is 1. The average molecular weight is 502 g/mol. The smallest absolute Gasteiger partial charge is 0.243 e. The number of aromatic nitrogens is 3. The molecule has 3 aromatic rings. The van der Waals surface area contributed by atoms with Crippen molar-refractivity contribution in [3.05, 3.63) is 48.5 Å². The van der Waals surface area contributed by atoms with E-state index in [9.17, 15) is 18.3 Å². The number of nitrogens with zero attached hydrogens (tertiary/aromatic N) is 4. The summed E-state index contributed by atoms with van der Waals surface area (Å²) in [5, 5.41) is 21.4. The number of thioether (sulfide) groups is 1. The fraction of sp³-hybridized carbons (Fsp3) is 0.348. The van der Waals surface area contributed by atoms with Gasteiger partial charge in [0.1, 0.15) is 5.75 Å². The number of anilines is 1. The van der Waals surface area contributed by atoms with Crippen LogP contribution < -0.4 is 5.32 Å². The Morgan fingerprint density at radius 1 is 1.09 bits per heavy atom. The second kappa shape index (κ2) is 10.6. The minimum absolute atomic E-state index is 0.0792. The molecular weight excluding hydrogens is 474 g/mol. The van der Waals surface area contributed by atoms with Crippen molar-refractivity contribution >= 4 is 33.4 Å². The highest BCUT2D eigenvalue weighted by Gasteiger charge is 2.26. The van der Waals surface area contributed by atoms with Crippen molar-refractivity contribution in [1.82, 2.24) is 19.1 Å². The lowest BCUT2D eigenvalue weighted by molar-refractivity contribution is -0.113. The van der Waals surface area contributed by atoms with Gasteiger partial charge in [-0.3, -0.25) is 4.79 Å². The van der Waals surface area contributed by atoms with Gasteiger partial charge in [-0.2, -0.15) is 4.31 Å². The summed E-state index contributed by atoms with van der Waals surface area (Å²) in [6.07, 6.45) is 2.85. The van der Waals surface area contributed by atoms with E-state index < -0.39 is 10.0 Å². The van der Waals surface area contributed by atoms with E-state index in [1.165, 1.54) is 23.9 Å². The number of hydrogen-bond acceptors (Lipinski definition) is 7. The maximum atomic E-state index is 12.9. The van der Waals surface area contributed by atoms with Gasteiger partial charge in [0.05, 0.1) is 10.6 Å². The normalized spacial score (nSPS) is 14.7. The van der Waals surface area contributed by atoms with Gasteiger partial charge in [0.15, 0.2) is 11.0 Å². The van der Waals surface area contributed by atoms with Crippen LogP contribution in [0.15, 0.2) is 58.6 Å². The molecule has 1 aromatic heterocycles. The molecule has 2 heterocycles. The molecule has 34 heavy (non-hydrogen) atoms. The number of hydrogen-bond donors (Lipinski definition) is 2. The molecular formula is C23H27N5O4S2. The van der Waals surface area contributed by atoms with Crippen molar-refractivity contribution < 1.29 is 18.3 Å². The Bertz CT molecular complexity index is 1250. The molecule has 4 rings (SSSR count). The highest BCUT2D eigenvalue weighted by atomic mass is 32.2. The highest BCUT2D eigenvalue weighted by Crippen LogP contribution is 2.27. The second-order valence-corrected chi connectivity index (χ2v) is 10.8. The highest BCUT2D eigenvalue weighted by molar-refractivity contribution is 7.99. The Morgan fingerprint density at radius 3 is 2.50 bits per heavy atom. The van der Waals surface area contributed by atoms with Crippen LogP contribution in [0.4, 0.5) is 5.69 Å². The molecule has 9 nitrogen and oxygen atoms in total. The fourth-order valence-electron chi connectivity index (χ4n) is 3.84. The first-order valence-corrected chi connectivity index (χ1v) is 13.6. The van der Waals surface area contributed by atoms with Crippen molar-refractivity contribution in [3.63, 3.8) is 0 Å². The summed E-state index contributed by atoms with van der Waals surface area (Å²) in [6.45, 7) is 3.67. The van der Waals surface area contributed by atoms with Crippen LogP contribution in [0.3, 0.4) is 0 Å². The molecule has 0 radical (unpaired) electrons. The first-order chi connectivity index (χ1) is 16.4. The number of carbonyl (C=O) groups excluding carboxylic acids is 1. The quantitative estimate of drug-likeness (QED) is 0.453. The topological polar surface area (TPSA) is 117 Å². The van der Waals surface area contributed by atoms with Crippen molar-refractivity contribution in [1.29, 1.82) is 0 Å². The molecule has 2 aromatic carbocycles. The number of sulfonamides is 1. The first-order valence-electron chi connectivity index (χ1n) is 11.1. The van der Waals surface area contributed by atoms with Crippen molar-refractivity contribution in [3.8, 4) is 17.1 Å². The third-order valence-electron chi connectivity index (χ3n) is 5.56. The number of nitrogens with one attached hydrogen (secondary N) is 1. The van der Waals surface area contributed by atoms with Gasteiger partial charge in [-0.05, 0) is 56.2 Å². The molecule has 1 aliphatic heterocycles. The Morgan fingerprint density at radius 2 is 1.82 bits per heavy atom. The Hall–Kier alpha value is -2.89. The van der Waals surface area contributed by atoms with Crippen molar-refractivity contribution in [2.45, 2.75) is 42.8 Å². The average Bonchev–Trinajstić information content (AvgIpc) is 3.26. The van der Waals surface area contributed by atoms with Crippen LogP contribution in [0.25, 0.3) is 11.4 Å². The van der Waals surface area contributed by atoms with Gasteiger partial charge in [-0.25, -0.2) is 8.42 Å². The van der Waals surface area contributed by atoms with Crippen molar-refractivity contribution in [2.24, 2.45) is 0 Å². The molecule has 0 bridgehead atoms. The second-order valence-electron chi connectivity index (χ2n) is 7.93. The van der Waals surface area contributed by atoms with Gasteiger partial charge < -0.3 is 15.0 Å². The van der Waals surface area contributed by atoms with Gasteiger partial charge in [-0.1, -0.05) is 24.2 Å². The molecule has 0 spiro atoms. The van der Waals surface area contributed by atoms with Gasteiger partial charge in [0, 0.05) is 37.0 Å². The fourth-order valence-corrected chi connectivity index (χ4v) is 6.15. The zero-order valence-corrected chi connectivity index (χ0v) is 20.5. The van der Waals surface area contributed by atoms with Crippen molar-refractivity contribution in [2.75, 3.05) is 24.2 Å². The van der Waals surface area contributed by atoms with E-state index in [-0.39, 0.29) is 22.3 Å². The molecule has 0 atom stereocenters. The zero-order chi connectivity index (χ0) is 24.1.